The smallest absolute Gasteiger partial charge is 0.242 e. The predicted molar refractivity (Wildman–Crippen MR) is 112 cm³/mol. The molecule has 2 amide bonds. The second kappa shape index (κ2) is 9.38. The van der Waals surface area contributed by atoms with Crippen molar-refractivity contribution in [2.45, 2.75) is 46.3 Å². The molecule has 1 heterocycles. The van der Waals surface area contributed by atoms with E-state index >= 15 is 0 Å². The number of nitrogens with zero attached hydrogens (tertiary/aromatic N) is 2. The largest absolute Gasteiger partial charge is 0.332 e. The third-order valence-corrected chi connectivity index (χ3v) is 5.44. The molecular weight excluding hydrogens is 380 g/mol. The van der Waals surface area contributed by atoms with Crippen LogP contribution in [-0.4, -0.2) is 39.6 Å². The SMILES string of the molecule is Cc1ccc(CN(Cc2ccccc2)C(=O)CN(C(=O)CCl)C(C)(C)C)s1. The molecule has 0 fully saturated rings. The van der Waals surface area contributed by atoms with E-state index in [1.54, 1.807) is 21.1 Å². The molecule has 0 aliphatic rings. The minimum Gasteiger partial charge on any atom is -0.332 e. The van der Waals surface area contributed by atoms with Crippen molar-refractivity contribution < 1.29 is 9.59 Å². The highest BCUT2D eigenvalue weighted by molar-refractivity contribution is 7.11. The number of rotatable bonds is 7. The van der Waals surface area contributed by atoms with Crippen molar-refractivity contribution in [3.8, 4) is 0 Å². The summed E-state index contributed by atoms with van der Waals surface area (Å²) in [5.41, 5.74) is 0.588. The molecule has 2 aromatic rings. The topological polar surface area (TPSA) is 40.6 Å². The molecule has 0 aliphatic carbocycles. The molecule has 0 saturated heterocycles. The van der Waals surface area contributed by atoms with Crippen molar-refractivity contribution in [1.29, 1.82) is 0 Å². The van der Waals surface area contributed by atoms with Crippen LogP contribution in [0.1, 0.15) is 36.1 Å². The highest BCUT2D eigenvalue weighted by Gasteiger charge is 2.29. The number of hydrogen-bond acceptors (Lipinski definition) is 3. The molecule has 27 heavy (non-hydrogen) atoms. The van der Waals surface area contributed by atoms with Gasteiger partial charge in [0.15, 0.2) is 0 Å². The van der Waals surface area contributed by atoms with Gasteiger partial charge < -0.3 is 9.80 Å². The Bertz CT molecular complexity index is 768. The van der Waals surface area contributed by atoms with Gasteiger partial charge in [-0.3, -0.25) is 9.59 Å². The zero-order valence-corrected chi connectivity index (χ0v) is 17.9. The molecule has 0 spiro atoms. The lowest BCUT2D eigenvalue weighted by Gasteiger charge is -2.36. The lowest BCUT2D eigenvalue weighted by atomic mass is 10.1. The zero-order chi connectivity index (χ0) is 20.0. The van der Waals surface area contributed by atoms with Crippen molar-refractivity contribution >= 4 is 34.8 Å². The van der Waals surface area contributed by atoms with Crippen LogP contribution in [0.5, 0.6) is 0 Å². The summed E-state index contributed by atoms with van der Waals surface area (Å²) in [6.07, 6.45) is 0. The van der Waals surface area contributed by atoms with Crippen LogP contribution in [0, 0.1) is 6.92 Å². The zero-order valence-electron chi connectivity index (χ0n) is 16.4. The molecule has 0 radical (unpaired) electrons. The minimum absolute atomic E-state index is 0.0201. The van der Waals surface area contributed by atoms with Gasteiger partial charge in [-0.05, 0) is 45.4 Å². The molecule has 0 atom stereocenters. The summed E-state index contributed by atoms with van der Waals surface area (Å²) in [5.74, 6) is -0.449. The summed E-state index contributed by atoms with van der Waals surface area (Å²) in [4.78, 5) is 31.1. The molecular formula is C21H27ClN2O2S. The van der Waals surface area contributed by atoms with Crippen LogP contribution in [0.4, 0.5) is 0 Å². The number of halogens is 1. The monoisotopic (exact) mass is 406 g/mol. The van der Waals surface area contributed by atoms with Gasteiger partial charge >= 0.3 is 0 Å². The average molecular weight is 407 g/mol. The van der Waals surface area contributed by atoms with E-state index < -0.39 is 5.54 Å². The van der Waals surface area contributed by atoms with Crippen LogP contribution in [0.2, 0.25) is 0 Å². The second-order valence-corrected chi connectivity index (χ2v) is 9.17. The van der Waals surface area contributed by atoms with Gasteiger partial charge in [0.05, 0.1) is 6.54 Å². The molecule has 2 rings (SSSR count). The fourth-order valence-electron chi connectivity index (χ4n) is 2.80. The Labute approximate surface area is 170 Å². The Morgan fingerprint density at radius 2 is 1.67 bits per heavy atom. The number of amides is 2. The maximum absolute atomic E-state index is 13.1. The molecule has 0 saturated carbocycles. The van der Waals surface area contributed by atoms with Gasteiger partial charge in [0.1, 0.15) is 12.4 Å². The molecule has 0 bridgehead atoms. The number of benzene rings is 1. The summed E-state index contributed by atoms with van der Waals surface area (Å²) < 4.78 is 0. The Morgan fingerprint density at radius 1 is 1.00 bits per heavy atom. The second-order valence-electron chi connectivity index (χ2n) is 7.53. The van der Waals surface area contributed by atoms with Crippen LogP contribution in [0.15, 0.2) is 42.5 Å². The lowest BCUT2D eigenvalue weighted by molar-refractivity contribution is -0.143. The molecule has 6 heteroatoms. The summed E-state index contributed by atoms with van der Waals surface area (Å²) in [5, 5.41) is 0. The number of carbonyl (C=O) groups excluding carboxylic acids is 2. The molecule has 0 unspecified atom stereocenters. The third-order valence-electron chi connectivity index (χ3n) is 4.23. The molecule has 0 N–H and O–H groups in total. The fourth-order valence-corrected chi connectivity index (χ4v) is 3.85. The number of hydrogen-bond donors (Lipinski definition) is 0. The summed E-state index contributed by atoms with van der Waals surface area (Å²) in [7, 11) is 0. The van der Waals surface area contributed by atoms with Gasteiger partial charge in [0, 0.05) is 21.8 Å². The van der Waals surface area contributed by atoms with E-state index in [-0.39, 0.29) is 24.2 Å². The normalized spacial score (nSPS) is 11.3. The maximum Gasteiger partial charge on any atom is 0.242 e. The maximum atomic E-state index is 13.1. The van der Waals surface area contributed by atoms with Crippen LogP contribution in [0.25, 0.3) is 0 Å². The van der Waals surface area contributed by atoms with Crippen LogP contribution in [0.3, 0.4) is 0 Å². The standard InChI is InChI=1S/C21H27ClN2O2S/c1-16-10-11-18(27-16)14-23(13-17-8-6-5-7-9-17)20(26)15-24(19(25)12-22)21(2,3)4/h5-11H,12-15H2,1-4H3. The quantitative estimate of drug-likeness (QED) is 0.637. The van der Waals surface area contributed by atoms with Gasteiger partial charge in [0.25, 0.3) is 0 Å². The Balaban J connectivity index is 2.22. The summed E-state index contributed by atoms with van der Waals surface area (Å²) in [6, 6.07) is 14.0. The van der Waals surface area contributed by atoms with E-state index in [1.165, 1.54) is 4.88 Å². The van der Waals surface area contributed by atoms with Crippen molar-refractivity contribution in [3.63, 3.8) is 0 Å². The van der Waals surface area contributed by atoms with Gasteiger partial charge in [-0.1, -0.05) is 30.3 Å². The van der Waals surface area contributed by atoms with E-state index in [4.69, 9.17) is 11.6 Å². The van der Waals surface area contributed by atoms with E-state index in [2.05, 4.69) is 19.1 Å². The van der Waals surface area contributed by atoms with Crippen molar-refractivity contribution in [2.75, 3.05) is 12.4 Å². The highest BCUT2D eigenvalue weighted by atomic mass is 35.5. The van der Waals surface area contributed by atoms with Crippen LogP contribution >= 0.6 is 22.9 Å². The van der Waals surface area contributed by atoms with E-state index in [0.717, 1.165) is 10.4 Å². The van der Waals surface area contributed by atoms with E-state index in [1.807, 2.05) is 51.1 Å². The van der Waals surface area contributed by atoms with Gasteiger partial charge in [-0.15, -0.1) is 22.9 Å². The predicted octanol–water partition coefficient (Wildman–Crippen LogP) is 4.45. The summed E-state index contributed by atoms with van der Waals surface area (Å²) >= 11 is 7.45. The van der Waals surface area contributed by atoms with E-state index in [0.29, 0.717) is 13.1 Å². The molecule has 4 nitrogen and oxygen atoms in total. The fraction of sp³-hybridized carbons (Fsp3) is 0.429. The first-order valence-electron chi connectivity index (χ1n) is 8.94. The molecule has 1 aromatic carbocycles. The first-order chi connectivity index (χ1) is 12.7. The molecule has 0 aliphatic heterocycles. The molecule has 146 valence electrons. The number of thiophene rings is 1. The Kier molecular flexibility index (Phi) is 7.45. The minimum atomic E-state index is -0.473. The Hall–Kier alpha value is -1.85. The van der Waals surface area contributed by atoms with E-state index in [9.17, 15) is 9.59 Å². The van der Waals surface area contributed by atoms with Crippen molar-refractivity contribution in [3.05, 3.63) is 57.8 Å². The number of alkyl halides is 1. The van der Waals surface area contributed by atoms with Crippen molar-refractivity contribution in [1.82, 2.24) is 9.80 Å². The number of carbonyl (C=O) groups is 2. The highest BCUT2D eigenvalue weighted by Crippen LogP contribution is 2.20. The average Bonchev–Trinajstić information content (AvgIpc) is 3.03. The number of aryl methyl sites for hydroxylation is 1. The summed E-state index contributed by atoms with van der Waals surface area (Å²) in [6.45, 7) is 8.84. The van der Waals surface area contributed by atoms with Gasteiger partial charge in [-0.25, -0.2) is 0 Å². The van der Waals surface area contributed by atoms with Crippen molar-refractivity contribution in [2.24, 2.45) is 0 Å². The third kappa shape index (κ3) is 6.36. The lowest BCUT2D eigenvalue weighted by Crippen LogP contribution is -2.51. The van der Waals surface area contributed by atoms with Gasteiger partial charge in [-0.2, -0.15) is 0 Å². The Morgan fingerprint density at radius 3 is 2.19 bits per heavy atom. The van der Waals surface area contributed by atoms with Crippen LogP contribution < -0.4 is 0 Å². The van der Waals surface area contributed by atoms with Gasteiger partial charge in [0.2, 0.25) is 11.8 Å². The first-order valence-corrected chi connectivity index (χ1v) is 10.3. The first kappa shape index (κ1) is 21.5. The molecule has 1 aromatic heterocycles. The van der Waals surface area contributed by atoms with Crippen LogP contribution in [-0.2, 0) is 22.7 Å².